The van der Waals surface area contributed by atoms with Crippen LogP contribution in [0.5, 0.6) is 0 Å². The second-order valence-corrected chi connectivity index (χ2v) is 7.64. The van der Waals surface area contributed by atoms with Crippen molar-refractivity contribution in [3.8, 4) is 0 Å². The maximum atomic E-state index is 13.3. The zero-order valence-corrected chi connectivity index (χ0v) is 15.0. The second-order valence-electron chi connectivity index (χ2n) is 7.64. The van der Waals surface area contributed by atoms with Gasteiger partial charge in [-0.1, -0.05) is 66.7 Å². The molecule has 2 amide bonds. The molecule has 1 aliphatic heterocycles. The van der Waals surface area contributed by atoms with Crippen LogP contribution in [0.4, 0.5) is 5.69 Å². The lowest BCUT2D eigenvalue weighted by Gasteiger charge is -2.28. The summed E-state index contributed by atoms with van der Waals surface area (Å²) in [5, 5.41) is 2.01. The van der Waals surface area contributed by atoms with Gasteiger partial charge in [0.1, 0.15) is 0 Å². The molecular weight excluding hydrogens is 334 g/mol. The first-order chi connectivity index (χ1) is 13.2. The number of rotatable bonds is 2. The van der Waals surface area contributed by atoms with Crippen LogP contribution in [0.15, 0.2) is 72.8 Å². The summed E-state index contributed by atoms with van der Waals surface area (Å²) in [6.07, 6.45) is 2.52. The van der Waals surface area contributed by atoms with Crippen LogP contribution >= 0.6 is 0 Å². The van der Waals surface area contributed by atoms with Crippen molar-refractivity contribution in [1.29, 1.82) is 0 Å². The van der Waals surface area contributed by atoms with Crippen LogP contribution in [0.1, 0.15) is 30.7 Å². The maximum Gasteiger partial charge on any atom is 0.237 e. The Labute approximate surface area is 158 Å². The fraction of sp³-hybridized carbons (Fsp3) is 0.250. The number of benzene rings is 3. The molecule has 3 heteroatoms. The van der Waals surface area contributed by atoms with Crippen molar-refractivity contribution in [2.75, 3.05) is 4.90 Å². The molecule has 27 heavy (non-hydrogen) atoms. The molecule has 0 unspecified atom stereocenters. The minimum Gasteiger partial charge on any atom is -0.274 e. The molecule has 3 atom stereocenters. The number of carbonyl (C=O) groups is 2. The highest BCUT2D eigenvalue weighted by Crippen LogP contribution is 2.46. The number of imide groups is 1. The molecule has 5 rings (SSSR count). The Balaban J connectivity index is 1.50. The van der Waals surface area contributed by atoms with Gasteiger partial charge in [-0.05, 0) is 42.2 Å². The van der Waals surface area contributed by atoms with Crippen molar-refractivity contribution < 1.29 is 9.59 Å². The topological polar surface area (TPSA) is 37.4 Å². The van der Waals surface area contributed by atoms with Crippen molar-refractivity contribution in [3.63, 3.8) is 0 Å². The Morgan fingerprint density at radius 1 is 0.704 bits per heavy atom. The Hall–Kier alpha value is -2.94. The number of carbonyl (C=O) groups excluding carboxylic acids is 2. The molecule has 1 saturated carbocycles. The van der Waals surface area contributed by atoms with Gasteiger partial charge in [-0.15, -0.1) is 0 Å². The summed E-state index contributed by atoms with van der Waals surface area (Å²) < 4.78 is 0. The molecule has 1 aliphatic carbocycles. The van der Waals surface area contributed by atoms with Gasteiger partial charge in [0.15, 0.2) is 0 Å². The zero-order valence-electron chi connectivity index (χ0n) is 15.0. The molecule has 0 spiro atoms. The van der Waals surface area contributed by atoms with Crippen LogP contribution in [-0.2, 0) is 9.59 Å². The predicted octanol–water partition coefficient (Wildman–Crippen LogP) is 4.91. The van der Waals surface area contributed by atoms with Crippen LogP contribution in [-0.4, -0.2) is 11.8 Å². The number of amides is 2. The fourth-order valence-electron chi connectivity index (χ4n) is 4.85. The Morgan fingerprint density at radius 3 is 2.26 bits per heavy atom. The normalized spacial score (nSPS) is 25.0. The van der Waals surface area contributed by atoms with Crippen molar-refractivity contribution in [3.05, 3.63) is 78.4 Å². The van der Waals surface area contributed by atoms with E-state index in [-0.39, 0.29) is 23.7 Å². The van der Waals surface area contributed by atoms with Gasteiger partial charge in [-0.25, -0.2) is 4.90 Å². The van der Waals surface area contributed by atoms with E-state index in [0.717, 1.165) is 35.7 Å². The molecule has 2 aliphatic rings. The zero-order chi connectivity index (χ0) is 18.4. The van der Waals surface area contributed by atoms with E-state index in [9.17, 15) is 9.59 Å². The van der Waals surface area contributed by atoms with Crippen molar-refractivity contribution in [1.82, 2.24) is 0 Å². The lowest BCUT2D eigenvalue weighted by molar-refractivity contribution is -0.122. The van der Waals surface area contributed by atoms with E-state index in [2.05, 4.69) is 12.1 Å². The third kappa shape index (κ3) is 2.57. The molecular formula is C24H21NO2. The summed E-state index contributed by atoms with van der Waals surface area (Å²) >= 11 is 0. The molecule has 134 valence electrons. The summed E-state index contributed by atoms with van der Waals surface area (Å²) in [4.78, 5) is 27.9. The Bertz CT molecular complexity index is 1020. The highest BCUT2D eigenvalue weighted by molar-refractivity contribution is 6.25. The summed E-state index contributed by atoms with van der Waals surface area (Å²) in [5.74, 6) is -0.0571. The molecule has 0 N–H and O–H groups in total. The first kappa shape index (κ1) is 16.2. The molecule has 3 aromatic rings. The third-order valence-electron chi connectivity index (χ3n) is 6.20. The van der Waals surface area contributed by atoms with Gasteiger partial charge >= 0.3 is 0 Å². The van der Waals surface area contributed by atoms with E-state index in [1.54, 1.807) is 0 Å². The SMILES string of the molecule is O=C1[C@@H]2CC[C@@H](c3ccccc3)C[C@H]2C(=O)N1c1cccc2ccccc12. The van der Waals surface area contributed by atoms with Crippen LogP contribution < -0.4 is 4.90 Å². The smallest absolute Gasteiger partial charge is 0.237 e. The average molecular weight is 355 g/mol. The number of anilines is 1. The number of hydrogen-bond donors (Lipinski definition) is 0. The van der Waals surface area contributed by atoms with E-state index >= 15 is 0 Å². The molecule has 0 radical (unpaired) electrons. The predicted molar refractivity (Wildman–Crippen MR) is 106 cm³/mol. The Morgan fingerprint density at radius 2 is 1.41 bits per heavy atom. The van der Waals surface area contributed by atoms with E-state index in [4.69, 9.17) is 0 Å². The monoisotopic (exact) mass is 355 g/mol. The van der Waals surface area contributed by atoms with Gasteiger partial charge in [0.25, 0.3) is 0 Å². The van der Waals surface area contributed by atoms with Gasteiger partial charge in [-0.2, -0.15) is 0 Å². The first-order valence-corrected chi connectivity index (χ1v) is 9.64. The van der Waals surface area contributed by atoms with Gasteiger partial charge < -0.3 is 0 Å². The van der Waals surface area contributed by atoms with E-state index in [1.807, 2.05) is 60.7 Å². The summed E-state index contributed by atoms with van der Waals surface area (Å²) in [5.41, 5.74) is 2.01. The third-order valence-corrected chi connectivity index (χ3v) is 6.20. The number of fused-ring (bicyclic) bond motifs is 2. The fourth-order valence-corrected chi connectivity index (χ4v) is 4.85. The molecule has 0 aromatic heterocycles. The van der Waals surface area contributed by atoms with Gasteiger partial charge in [0, 0.05) is 5.39 Å². The standard InChI is InChI=1S/C24H21NO2/c26-23-20-14-13-18(16-7-2-1-3-8-16)15-21(20)24(27)25(23)22-12-6-10-17-9-4-5-11-19(17)22/h1-12,18,20-21H,13-15H2/t18-,20-,21-/m1/s1. The minimum absolute atomic E-state index is 0.0205. The quantitative estimate of drug-likeness (QED) is 0.612. The van der Waals surface area contributed by atoms with Crippen LogP contribution in [0, 0.1) is 11.8 Å². The van der Waals surface area contributed by atoms with Crippen LogP contribution in [0.25, 0.3) is 10.8 Å². The van der Waals surface area contributed by atoms with E-state index in [0.29, 0.717) is 5.92 Å². The highest BCUT2D eigenvalue weighted by atomic mass is 16.2. The molecule has 1 heterocycles. The molecule has 1 saturated heterocycles. The first-order valence-electron chi connectivity index (χ1n) is 9.64. The average Bonchev–Trinajstić information content (AvgIpc) is 2.98. The Kier molecular flexibility index (Phi) is 3.82. The summed E-state index contributed by atoms with van der Waals surface area (Å²) in [6.45, 7) is 0. The van der Waals surface area contributed by atoms with Crippen molar-refractivity contribution in [2.24, 2.45) is 11.8 Å². The highest BCUT2D eigenvalue weighted by Gasteiger charge is 2.50. The summed E-state index contributed by atoms with van der Waals surface area (Å²) in [6, 6.07) is 24.1. The number of nitrogens with zero attached hydrogens (tertiary/aromatic N) is 1. The minimum atomic E-state index is -0.199. The van der Waals surface area contributed by atoms with E-state index in [1.165, 1.54) is 10.5 Å². The number of hydrogen-bond acceptors (Lipinski definition) is 2. The molecule has 2 fully saturated rings. The van der Waals surface area contributed by atoms with E-state index < -0.39 is 0 Å². The lowest BCUT2D eigenvalue weighted by atomic mass is 9.73. The van der Waals surface area contributed by atoms with Gasteiger partial charge in [0.05, 0.1) is 17.5 Å². The van der Waals surface area contributed by atoms with Gasteiger partial charge in [0.2, 0.25) is 11.8 Å². The van der Waals surface area contributed by atoms with Gasteiger partial charge in [-0.3, -0.25) is 9.59 Å². The lowest BCUT2D eigenvalue weighted by Crippen LogP contribution is -2.31. The maximum absolute atomic E-state index is 13.3. The molecule has 3 aromatic carbocycles. The van der Waals surface area contributed by atoms with Crippen molar-refractivity contribution >= 4 is 28.3 Å². The molecule has 3 nitrogen and oxygen atoms in total. The van der Waals surface area contributed by atoms with Crippen molar-refractivity contribution in [2.45, 2.75) is 25.2 Å². The summed E-state index contributed by atoms with van der Waals surface area (Å²) in [7, 11) is 0. The largest absolute Gasteiger partial charge is 0.274 e. The van der Waals surface area contributed by atoms with Crippen LogP contribution in [0.3, 0.4) is 0 Å². The second kappa shape index (κ2) is 6.34. The molecule has 0 bridgehead atoms. The van der Waals surface area contributed by atoms with Crippen LogP contribution in [0.2, 0.25) is 0 Å².